The van der Waals surface area contributed by atoms with Crippen LogP contribution in [-0.4, -0.2) is 42.1 Å². The smallest absolute Gasteiger partial charge is 0.338 e. The summed E-state index contributed by atoms with van der Waals surface area (Å²) in [5.41, 5.74) is 0.904. The van der Waals surface area contributed by atoms with E-state index in [-0.39, 0.29) is 0 Å². The predicted molar refractivity (Wildman–Crippen MR) is 104 cm³/mol. The van der Waals surface area contributed by atoms with Crippen molar-refractivity contribution in [1.29, 1.82) is 0 Å². The Labute approximate surface area is 169 Å². The number of benzene rings is 2. The SMILES string of the molecule is CC1(C)O[C@H]2[C@H](O1)[C@H](OC(=O)c1ccccc1)C=C[C@@H]2OC(=O)c1ccccc1. The molecule has 6 nitrogen and oxygen atoms in total. The van der Waals surface area contributed by atoms with Crippen molar-refractivity contribution in [2.24, 2.45) is 0 Å². The Morgan fingerprint density at radius 1 is 0.724 bits per heavy atom. The highest BCUT2D eigenvalue weighted by Crippen LogP contribution is 2.37. The average molecular weight is 394 g/mol. The standard InChI is InChI=1S/C23H22O6/c1-23(2)28-19-17(26-21(24)15-9-5-3-6-10-15)13-14-18(20(19)29-23)27-22(25)16-11-7-4-8-12-16/h3-14,17-20H,1-2H3/t17-,18+,19-,20-/m1/s1. The molecule has 150 valence electrons. The van der Waals surface area contributed by atoms with E-state index >= 15 is 0 Å². The van der Waals surface area contributed by atoms with E-state index in [0.717, 1.165) is 0 Å². The molecule has 1 saturated heterocycles. The first-order valence-corrected chi connectivity index (χ1v) is 9.49. The fourth-order valence-corrected chi connectivity index (χ4v) is 3.51. The molecule has 2 aromatic rings. The lowest BCUT2D eigenvalue weighted by atomic mass is 9.96. The van der Waals surface area contributed by atoms with Crippen LogP contribution in [0.5, 0.6) is 0 Å². The summed E-state index contributed by atoms with van der Waals surface area (Å²) in [5, 5.41) is 0. The highest BCUT2D eigenvalue weighted by Gasteiger charge is 2.52. The van der Waals surface area contributed by atoms with Crippen LogP contribution in [0.1, 0.15) is 34.6 Å². The van der Waals surface area contributed by atoms with Crippen molar-refractivity contribution in [3.8, 4) is 0 Å². The molecule has 2 aromatic carbocycles. The second-order valence-corrected chi connectivity index (χ2v) is 7.42. The number of carbonyl (C=O) groups is 2. The Morgan fingerprint density at radius 2 is 1.10 bits per heavy atom. The first-order valence-electron chi connectivity index (χ1n) is 9.49. The van der Waals surface area contributed by atoms with Crippen molar-refractivity contribution < 1.29 is 28.5 Å². The van der Waals surface area contributed by atoms with E-state index in [2.05, 4.69) is 0 Å². The zero-order valence-electron chi connectivity index (χ0n) is 16.2. The highest BCUT2D eigenvalue weighted by atomic mass is 16.8. The maximum Gasteiger partial charge on any atom is 0.338 e. The van der Waals surface area contributed by atoms with Gasteiger partial charge in [0.05, 0.1) is 11.1 Å². The molecule has 4 atom stereocenters. The van der Waals surface area contributed by atoms with E-state index in [9.17, 15) is 9.59 Å². The molecule has 0 unspecified atom stereocenters. The van der Waals surface area contributed by atoms with Crippen LogP contribution in [0.2, 0.25) is 0 Å². The van der Waals surface area contributed by atoms with E-state index in [4.69, 9.17) is 18.9 Å². The summed E-state index contributed by atoms with van der Waals surface area (Å²) >= 11 is 0. The largest absolute Gasteiger partial charge is 0.452 e. The van der Waals surface area contributed by atoms with Crippen LogP contribution in [-0.2, 0) is 18.9 Å². The Morgan fingerprint density at radius 3 is 1.48 bits per heavy atom. The van der Waals surface area contributed by atoms with Gasteiger partial charge in [0.15, 0.2) is 5.79 Å². The summed E-state index contributed by atoms with van der Waals surface area (Å²) in [7, 11) is 0. The normalized spacial score (nSPS) is 27.1. The van der Waals surface area contributed by atoms with Crippen molar-refractivity contribution in [2.45, 2.75) is 44.1 Å². The van der Waals surface area contributed by atoms with E-state index in [1.807, 2.05) is 12.1 Å². The van der Waals surface area contributed by atoms with Crippen molar-refractivity contribution in [1.82, 2.24) is 0 Å². The Balaban J connectivity index is 1.52. The monoisotopic (exact) mass is 394 g/mol. The third-order valence-electron chi connectivity index (χ3n) is 4.81. The zero-order valence-corrected chi connectivity index (χ0v) is 16.2. The first-order chi connectivity index (χ1) is 13.9. The van der Waals surface area contributed by atoms with Crippen LogP contribution in [0.4, 0.5) is 0 Å². The molecule has 0 aromatic heterocycles. The lowest BCUT2D eigenvalue weighted by molar-refractivity contribution is -0.156. The van der Waals surface area contributed by atoms with Gasteiger partial charge in [0.2, 0.25) is 0 Å². The van der Waals surface area contributed by atoms with Gasteiger partial charge in [0.1, 0.15) is 24.4 Å². The lowest BCUT2D eigenvalue weighted by Gasteiger charge is -2.31. The van der Waals surface area contributed by atoms with Crippen LogP contribution in [0.25, 0.3) is 0 Å². The van der Waals surface area contributed by atoms with Crippen molar-refractivity contribution in [3.63, 3.8) is 0 Å². The highest BCUT2D eigenvalue weighted by molar-refractivity contribution is 5.90. The minimum absolute atomic E-state index is 0.452. The second kappa shape index (κ2) is 7.81. The molecule has 1 aliphatic heterocycles. The topological polar surface area (TPSA) is 71.1 Å². The van der Waals surface area contributed by atoms with Gasteiger partial charge in [-0.25, -0.2) is 9.59 Å². The van der Waals surface area contributed by atoms with Gasteiger partial charge in [0, 0.05) is 0 Å². The van der Waals surface area contributed by atoms with Gasteiger partial charge in [-0.05, 0) is 50.3 Å². The van der Waals surface area contributed by atoms with Gasteiger partial charge in [0.25, 0.3) is 0 Å². The molecule has 4 rings (SSSR count). The van der Waals surface area contributed by atoms with Gasteiger partial charge >= 0.3 is 11.9 Å². The summed E-state index contributed by atoms with van der Waals surface area (Å²) in [4.78, 5) is 24.9. The van der Waals surface area contributed by atoms with E-state index in [0.29, 0.717) is 11.1 Å². The molecule has 0 amide bonds. The van der Waals surface area contributed by atoms with Crippen LogP contribution in [0.3, 0.4) is 0 Å². The number of carbonyl (C=O) groups excluding carboxylic acids is 2. The van der Waals surface area contributed by atoms with Gasteiger partial charge < -0.3 is 18.9 Å². The number of rotatable bonds is 4. The number of fused-ring (bicyclic) bond motifs is 1. The Bertz CT molecular complexity index is 832. The molecule has 0 bridgehead atoms. The Kier molecular flexibility index (Phi) is 5.22. The van der Waals surface area contributed by atoms with Crippen molar-refractivity contribution in [3.05, 3.63) is 83.9 Å². The molecule has 1 aliphatic carbocycles. The van der Waals surface area contributed by atoms with Gasteiger partial charge in [-0.3, -0.25) is 0 Å². The molecular formula is C23H22O6. The molecule has 0 spiro atoms. The molecule has 0 saturated carbocycles. The van der Waals surface area contributed by atoms with Crippen molar-refractivity contribution >= 4 is 11.9 Å². The fraction of sp³-hybridized carbons (Fsp3) is 0.304. The fourth-order valence-electron chi connectivity index (χ4n) is 3.51. The summed E-state index contributed by atoms with van der Waals surface area (Å²) in [6.07, 6.45) is 0.903. The van der Waals surface area contributed by atoms with E-state index in [1.54, 1.807) is 74.5 Å². The third kappa shape index (κ3) is 4.23. The number of hydrogen-bond donors (Lipinski definition) is 0. The number of esters is 2. The number of ether oxygens (including phenoxy) is 4. The molecule has 2 aliphatic rings. The van der Waals surface area contributed by atoms with Crippen LogP contribution < -0.4 is 0 Å². The number of hydrogen-bond acceptors (Lipinski definition) is 6. The zero-order chi connectivity index (χ0) is 20.4. The molecule has 6 heteroatoms. The maximum absolute atomic E-state index is 12.5. The summed E-state index contributed by atoms with van der Waals surface area (Å²) in [5.74, 6) is -1.80. The minimum Gasteiger partial charge on any atom is -0.452 e. The quantitative estimate of drug-likeness (QED) is 0.584. The Hall–Kier alpha value is -2.96. The first kappa shape index (κ1) is 19.4. The minimum atomic E-state index is -0.893. The molecule has 1 heterocycles. The predicted octanol–water partition coefficient (Wildman–Crippen LogP) is 3.53. The van der Waals surface area contributed by atoms with E-state index < -0.39 is 42.1 Å². The molecule has 1 fully saturated rings. The van der Waals surface area contributed by atoms with Gasteiger partial charge in [-0.1, -0.05) is 36.4 Å². The molecule has 29 heavy (non-hydrogen) atoms. The summed E-state index contributed by atoms with van der Waals surface area (Å²) < 4.78 is 23.3. The lowest BCUT2D eigenvalue weighted by Crippen LogP contribution is -2.47. The van der Waals surface area contributed by atoms with E-state index in [1.165, 1.54) is 0 Å². The molecular weight excluding hydrogens is 372 g/mol. The molecule has 0 radical (unpaired) electrons. The maximum atomic E-state index is 12.5. The van der Waals surface area contributed by atoms with Crippen LogP contribution in [0, 0.1) is 0 Å². The van der Waals surface area contributed by atoms with Crippen LogP contribution in [0.15, 0.2) is 72.8 Å². The van der Waals surface area contributed by atoms with Gasteiger partial charge in [-0.15, -0.1) is 0 Å². The third-order valence-corrected chi connectivity index (χ3v) is 4.81. The van der Waals surface area contributed by atoms with Gasteiger partial charge in [-0.2, -0.15) is 0 Å². The average Bonchev–Trinajstić information content (AvgIpc) is 3.07. The van der Waals surface area contributed by atoms with Crippen molar-refractivity contribution in [2.75, 3.05) is 0 Å². The summed E-state index contributed by atoms with van der Waals surface area (Å²) in [6, 6.07) is 17.5. The van der Waals surface area contributed by atoms with Crippen LogP contribution >= 0.6 is 0 Å². The second-order valence-electron chi connectivity index (χ2n) is 7.42. The summed E-state index contributed by atoms with van der Waals surface area (Å²) in [6.45, 7) is 3.55. The molecule has 0 N–H and O–H groups in total.